The van der Waals surface area contributed by atoms with Crippen LogP contribution in [0.25, 0.3) is 0 Å². The van der Waals surface area contributed by atoms with Gasteiger partial charge in [-0.2, -0.15) is 0 Å². The van der Waals surface area contributed by atoms with E-state index in [-0.39, 0.29) is 28.3 Å². The molecule has 0 unspecified atom stereocenters. The Morgan fingerprint density at radius 1 is 1.21 bits per heavy atom. The summed E-state index contributed by atoms with van der Waals surface area (Å²) in [5, 5.41) is 11.3. The molecule has 1 amide bonds. The third-order valence-electron chi connectivity index (χ3n) is 4.73. The zero-order chi connectivity index (χ0) is 21.2. The molecule has 1 atom stereocenters. The van der Waals surface area contributed by atoms with Gasteiger partial charge in [0.1, 0.15) is 16.5 Å². The standard InChI is InChI=1S/C19H27N5O4S/c1-12(2)23-29(26,27)16-11-14(8-9-15(16)28-4)19(25)20-13(3)18-22-21-17-7-5-6-10-24(17)18/h8-9,11-13,23H,5-7,10H2,1-4H3,(H,20,25)/t13-/m0/s1. The monoisotopic (exact) mass is 421 g/mol. The Labute approximate surface area is 170 Å². The number of nitrogens with zero attached hydrogens (tertiary/aromatic N) is 3. The van der Waals surface area contributed by atoms with E-state index in [0.717, 1.165) is 31.6 Å². The molecule has 1 aromatic heterocycles. The van der Waals surface area contributed by atoms with Crippen molar-refractivity contribution in [2.24, 2.45) is 0 Å². The quantitative estimate of drug-likeness (QED) is 0.704. The molecule has 2 heterocycles. The number of benzene rings is 1. The van der Waals surface area contributed by atoms with Crippen LogP contribution in [0.15, 0.2) is 23.1 Å². The van der Waals surface area contributed by atoms with Crippen LogP contribution in [0.4, 0.5) is 0 Å². The van der Waals surface area contributed by atoms with E-state index in [0.29, 0.717) is 5.82 Å². The van der Waals surface area contributed by atoms with Gasteiger partial charge in [0.05, 0.1) is 13.2 Å². The number of ether oxygens (including phenoxy) is 1. The van der Waals surface area contributed by atoms with Gasteiger partial charge in [0.2, 0.25) is 10.0 Å². The van der Waals surface area contributed by atoms with E-state index >= 15 is 0 Å². The summed E-state index contributed by atoms with van der Waals surface area (Å²) < 4.78 is 35.0. The second kappa shape index (κ2) is 8.50. The number of hydrogen-bond donors (Lipinski definition) is 2. The predicted octanol–water partition coefficient (Wildman–Crippen LogP) is 1.80. The number of fused-ring (bicyclic) bond motifs is 1. The molecular weight excluding hydrogens is 394 g/mol. The summed E-state index contributed by atoms with van der Waals surface area (Å²) in [6.45, 7) is 6.12. The Morgan fingerprint density at radius 3 is 2.66 bits per heavy atom. The number of aromatic nitrogens is 3. The molecule has 0 bridgehead atoms. The first kappa shape index (κ1) is 21.3. The second-order valence-electron chi connectivity index (χ2n) is 7.42. The number of methoxy groups -OCH3 is 1. The Bertz CT molecular complexity index is 1000. The molecule has 10 heteroatoms. The molecule has 0 spiro atoms. The first-order valence-electron chi connectivity index (χ1n) is 9.66. The van der Waals surface area contributed by atoms with Gasteiger partial charge >= 0.3 is 0 Å². The minimum absolute atomic E-state index is 0.0751. The largest absolute Gasteiger partial charge is 0.495 e. The van der Waals surface area contributed by atoms with Crippen molar-refractivity contribution < 1.29 is 17.9 Å². The van der Waals surface area contributed by atoms with E-state index in [1.54, 1.807) is 13.8 Å². The summed E-state index contributed by atoms with van der Waals surface area (Å²) >= 11 is 0. The summed E-state index contributed by atoms with van der Waals surface area (Å²) in [5.74, 6) is 1.42. The smallest absolute Gasteiger partial charge is 0.251 e. The molecule has 2 N–H and O–H groups in total. The molecule has 29 heavy (non-hydrogen) atoms. The van der Waals surface area contributed by atoms with Gasteiger partial charge in [-0.15, -0.1) is 10.2 Å². The molecule has 0 radical (unpaired) electrons. The van der Waals surface area contributed by atoms with Crippen LogP contribution in [0.1, 0.15) is 61.7 Å². The zero-order valence-electron chi connectivity index (χ0n) is 17.1. The van der Waals surface area contributed by atoms with Crippen molar-refractivity contribution in [1.29, 1.82) is 0 Å². The van der Waals surface area contributed by atoms with Gasteiger partial charge in [0, 0.05) is 24.6 Å². The van der Waals surface area contributed by atoms with Gasteiger partial charge in [-0.3, -0.25) is 4.79 Å². The van der Waals surface area contributed by atoms with Gasteiger partial charge < -0.3 is 14.6 Å². The topological polar surface area (TPSA) is 115 Å². The van der Waals surface area contributed by atoms with Crippen molar-refractivity contribution in [3.8, 4) is 5.75 Å². The SMILES string of the molecule is COc1ccc(C(=O)N[C@@H](C)c2nnc3n2CCCC3)cc1S(=O)(=O)NC(C)C. The maximum atomic E-state index is 12.8. The normalized spacial score (nSPS) is 15.1. The zero-order valence-corrected chi connectivity index (χ0v) is 17.9. The first-order chi connectivity index (χ1) is 13.7. The lowest BCUT2D eigenvalue weighted by Gasteiger charge is -2.19. The number of amides is 1. The summed E-state index contributed by atoms with van der Waals surface area (Å²) in [6, 6.07) is 3.69. The Hall–Kier alpha value is -2.46. The maximum Gasteiger partial charge on any atom is 0.251 e. The third kappa shape index (κ3) is 4.59. The molecule has 0 saturated heterocycles. The number of carbonyl (C=O) groups is 1. The fourth-order valence-electron chi connectivity index (χ4n) is 3.40. The highest BCUT2D eigenvalue weighted by Gasteiger charge is 2.25. The average molecular weight is 422 g/mol. The van der Waals surface area contributed by atoms with Crippen molar-refractivity contribution in [2.45, 2.75) is 63.6 Å². The van der Waals surface area contributed by atoms with Gasteiger partial charge in [-0.05, 0) is 51.8 Å². The van der Waals surface area contributed by atoms with Crippen molar-refractivity contribution >= 4 is 15.9 Å². The molecule has 0 saturated carbocycles. The van der Waals surface area contributed by atoms with Crippen LogP contribution in [0.5, 0.6) is 5.75 Å². The van der Waals surface area contributed by atoms with E-state index in [9.17, 15) is 13.2 Å². The molecule has 2 aromatic rings. The van der Waals surface area contributed by atoms with E-state index in [1.807, 2.05) is 11.5 Å². The van der Waals surface area contributed by atoms with Crippen LogP contribution in [0.3, 0.4) is 0 Å². The number of hydrogen-bond acceptors (Lipinski definition) is 6. The van der Waals surface area contributed by atoms with E-state index in [4.69, 9.17) is 4.74 Å². The predicted molar refractivity (Wildman–Crippen MR) is 107 cm³/mol. The third-order valence-corrected chi connectivity index (χ3v) is 6.41. The summed E-state index contributed by atoms with van der Waals surface area (Å²) in [5.41, 5.74) is 0.222. The minimum atomic E-state index is -3.82. The summed E-state index contributed by atoms with van der Waals surface area (Å²) in [7, 11) is -2.43. The van der Waals surface area contributed by atoms with Gasteiger partial charge in [-0.1, -0.05) is 0 Å². The van der Waals surface area contributed by atoms with Crippen LogP contribution in [0.2, 0.25) is 0 Å². The number of rotatable bonds is 7. The van der Waals surface area contributed by atoms with Crippen molar-refractivity contribution in [2.75, 3.05) is 7.11 Å². The van der Waals surface area contributed by atoms with Crippen LogP contribution in [-0.4, -0.2) is 42.2 Å². The lowest BCUT2D eigenvalue weighted by Crippen LogP contribution is -2.32. The van der Waals surface area contributed by atoms with E-state index < -0.39 is 15.9 Å². The first-order valence-corrected chi connectivity index (χ1v) is 11.1. The van der Waals surface area contributed by atoms with Gasteiger partial charge in [0.15, 0.2) is 5.82 Å². The van der Waals surface area contributed by atoms with Crippen molar-refractivity contribution in [1.82, 2.24) is 24.8 Å². The maximum absolute atomic E-state index is 12.8. The molecule has 0 fully saturated rings. The summed E-state index contributed by atoms with van der Waals surface area (Å²) in [4.78, 5) is 12.7. The van der Waals surface area contributed by atoms with Crippen LogP contribution in [0, 0.1) is 0 Å². The van der Waals surface area contributed by atoms with Gasteiger partial charge in [-0.25, -0.2) is 13.1 Å². The van der Waals surface area contributed by atoms with Crippen LogP contribution >= 0.6 is 0 Å². The highest BCUT2D eigenvalue weighted by molar-refractivity contribution is 7.89. The molecular formula is C19H27N5O4S. The van der Waals surface area contributed by atoms with Gasteiger partial charge in [0.25, 0.3) is 5.91 Å². The fourth-order valence-corrected chi connectivity index (χ4v) is 4.84. The number of sulfonamides is 1. The molecule has 1 aromatic carbocycles. The Balaban J connectivity index is 1.84. The molecule has 1 aliphatic rings. The fraction of sp³-hybridized carbons (Fsp3) is 0.526. The molecule has 0 aliphatic carbocycles. The summed E-state index contributed by atoms with van der Waals surface area (Å²) in [6.07, 6.45) is 3.03. The number of nitrogens with one attached hydrogen (secondary N) is 2. The molecule has 158 valence electrons. The van der Waals surface area contributed by atoms with Crippen molar-refractivity contribution in [3.63, 3.8) is 0 Å². The minimum Gasteiger partial charge on any atom is -0.495 e. The number of carbonyl (C=O) groups excluding carboxylic acids is 1. The number of aryl methyl sites for hydroxylation is 1. The lowest BCUT2D eigenvalue weighted by molar-refractivity contribution is 0.0937. The lowest BCUT2D eigenvalue weighted by atomic mass is 10.1. The Kier molecular flexibility index (Phi) is 6.23. The van der Waals surface area contributed by atoms with Crippen LogP contribution in [-0.2, 0) is 23.0 Å². The second-order valence-corrected chi connectivity index (χ2v) is 9.10. The average Bonchev–Trinajstić information content (AvgIpc) is 3.10. The molecule has 1 aliphatic heterocycles. The molecule has 9 nitrogen and oxygen atoms in total. The van der Waals surface area contributed by atoms with E-state index in [1.165, 1.54) is 25.3 Å². The van der Waals surface area contributed by atoms with Crippen LogP contribution < -0.4 is 14.8 Å². The van der Waals surface area contributed by atoms with E-state index in [2.05, 4.69) is 20.2 Å². The molecule has 3 rings (SSSR count). The highest BCUT2D eigenvalue weighted by Crippen LogP contribution is 2.26. The Morgan fingerprint density at radius 2 is 1.97 bits per heavy atom. The highest BCUT2D eigenvalue weighted by atomic mass is 32.2. The van der Waals surface area contributed by atoms with Crippen molar-refractivity contribution in [3.05, 3.63) is 35.4 Å².